The second-order valence-electron chi connectivity index (χ2n) is 6.39. The Morgan fingerprint density at radius 3 is 2.46 bits per heavy atom. The maximum absolute atomic E-state index is 12.6. The first-order valence-electron chi connectivity index (χ1n) is 8.85. The summed E-state index contributed by atoms with van der Waals surface area (Å²) in [4.78, 5) is 32.9. The van der Waals surface area contributed by atoms with Crippen LogP contribution in [0.5, 0.6) is 0 Å². The van der Waals surface area contributed by atoms with Crippen LogP contribution in [-0.2, 0) is 11.2 Å². The van der Waals surface area contributed by atoms with Crippen LogP contribution in [0.15, 0.2) is 48.8 Å². The van der Waals surface area contributed by atoms with Crippen molar-refractivity contribution < 1.29 is 9.59 Å². The molecule has 1 aromatic carbocycles. The van der Waals surface area contributed by atoms with Gasteiger partial charge in [0.25, 0.3) is 5.91 Å². The number of pyridine rings is 1. The highest BCUT2D eigenvalue weighted by atomic mass is 35.5. The molecule has 1 aliphatic heterocycles. The Labute approximate surface area is 158 Å². The van der Waals surface area contributed by atoms with Crippen LogP contribution in [-0.4, -0.2) is 52.8 Å². The normalized spacial score (nSPS) is 14.8. The number of hydrogen-bond donors (Lipinski definition) is 0. The summed E-state index contributed by atoms with van der Waals surface area (Å²) in [6, 6.07) is 10.8. The third-order valence-corrected chi connectivity index (χ3v) is 4.83. The minimum absolute atomic E-state index is 0.00803. The fourth-order valence-corrected chi connectivity index (χ4v) is 3.23. The van der Waals surface area contributed by atoms with E-state index in [0.29, 0.717) is 49.6 Å². The van der Waals surface area contributed by atoms with Crippen LogP contribution in [0.3, 0.4) is 0 Å². The molecule has 0 N–H and O–H groups in total. The maximum Gasteiger partial charge on any atom is 0.253 e. The fraction of sp³-hybridized carbons (Fsp3) is 0.350. The summed E-state index contributed by atoms with van der Waals surface area (Å²) in [6.07, 6.45) is 5.47. The molecule has 0 radical (unpaired) electrons. The number of aryl methyl sites for hydroxylation is 1. The van der Waals surface area contributed by atoms with E-state index < -0.39 is 0 Å². The van der Waals surface area contributed by atoms with Gasteiger partial charge in [-0.15, -0.1) is 0 Å². The van der Waals surface area contributed by atoms with Crippen molar-refractivity contribution in [2.45, 2.75) is 19.3 Å². The molecular formula is C20H22ClN3O2. The Morgan fingerprint density at radius 2 is 1.73 bits per heavy atom. The van der Waals surface area contributed by atoms with Crippen LogP contribution in [0.4, 0.5) is 0 Å². The molecule has 6 heteroatoms. The first-order valence-corrected chi connectivity index (χ1v) is 9.23. The quantitative estimate of drug-likeness (QED) is 0.830. The van der Waals surface area contributed by atoms with Crippen molar-refractivity contribution in [3.63, 3.8) is 0 Å². The van der Waals surface area contributed by atoms with Crippen LogP contribution in [0.25, 0.3) is 0 Å². The lowest BCUT2D eigenvalue weighted by atomic mass is 10.1. The zero-order chi connectivity index (χ0) is 18.4. The van der Waals surface area contributed by atoms with Crippen LogP contribution in [0, 0.1) is 0 Å². The average molecular weight is 372 g/mol. The number of hydrogen-bond acceptors (Lipinski definition) is 3. The number of aromatic nitrogens is 1. The van der Waals surface area contributed by atoms with E-state index in [1.165, 1.54) is 0 Å². The first-order chi connectivity index (χ1) is 12.6. The Kier molecular flexibility index (Phi) is 6.23. The molecule has 26 heavy (non-hydrogen) atoms. The van der Waals surface area contributed by atoms with Gasteiger partial charge in [0.15, 0.2) is 0 Å². The Balaban J connectivity index is 1.53. The van der Waals surface area contributed by atoms with E-state index in [1.54, 1.807) is 36.7 Å². The van der Waals surface area contributed by atoms with Crippen molar-refractivity contribution in [1.29, 1.82) is 0 Å². The van der Waals surface area contributed by atoms with E-state index in [1.807, 2.05) is 21.9 Å². The van der Waals surface area contributed by atoms with Crippen LogP contribution < -0.4 is 0 Å². The number of benzene rings is 1. The number of carbonyl (C=O) groups is 2. The molecule has 2 heterocycles. The summed E-state index contributed by atoms with van der Waals surface area (Å²) in [6.45, 7) is 2.48. The predicted molar refractivity (Wildman–Crippen MR) is 101 cm³/mol. The highest BCUT2D eigenvalue weighted by molar-refractivity contribution is 6.30. The molecular weight excluding hydrogens is 350 g/mol. The third-order valence-electron chi connectivity index (χ3n) is 4.58. The van der Waals surface area contributed by atoms with Gasteiger partial charge in [-0.3, -0.25) is 14.6 Å². The van der Waals surface area contributed by atoms with Gasteiger partial charge in [0.2, 0.25) is 5.91 Å². The van der Waals surface area contributed by atoms with Gasteiger partial charge in [0.05, 0.1) is 0 Å². The molecule has 136 valence electrons. The Hall–Kier alpha value is -2.40. The van der Waals surface area contributed by atoms with Gasteiger partial charge in [0.1, 0.15) is 0 Å². The maximum atomic E-state index is 12.6. The molecule has 5 nitrogen and oxygen atoms in total. The molecule has 0 bridgehead atoms. The third kappa shape index (κ3) is 4.82. The van der Waals surface area contributed by atoms with Gasteiger partial charge >= 0.3 is 0 Å². The molecule has 2 aromatic rings. The van der Waals surface area contributed by atoms with Gasteiger partial charge in [-0.05, 0) is 48.7 Å². The van der Waals surface area contributed by atoms with E-state index in [9.17, 15) is 9.59 Å². The standard InChI is InChI=1S/C20H22ClN3O2/c21-18-7-5-17(6-8-18)20(26)24-12-2-11-23(13-14-24)19(25)9-4-16-3-1-10-22-15-16/h1,3,5-8,10,15H,2,4,9,11-14H2. The zero-order valence-corrected chi connectivity index (χ0v) is 15.4. The number of nitrogens with zero attached hydrogens (tertiary/aromatic N) is 3. The van der Waals surface area contributed by atoms with Crippen molar-refractivity contribution in [3.8, 4) is 0 Å². The summed E-state index contributed by atoms with van der Waals surface area (Å²) in [7, 11) is 0. The molecule has 2 amide bonds. The summed E-state index contributed by atoms with van der Waals surface area (Å²) < 4.78 is 0. The molecule has 1 aliphatic rings. The lowest BCUT2D eigenvalue weighted by Crippen LogP contribution is -2.37. The van der Waals surface area contributed by atoms with E-state index in [2.05, 4.69) is 4.98 Å². The summed E-state index contributed by atoms with van der Waals surface area (Å²) in [5.41, 5.74) is 1.70. The van der Waals surface area contributed by atoms with Gasteiger partial charge in [-0.25, -0.2) is 0 Å². The molecule has 1 aromatic heterocycles. The number of amides is 2. The first kappa shape index (κ1) is 18.4. The molecule has 0 spiro atoms. The van der Waals surface area contributed by atoms with Gasteiger partial charge in [-0.1, -0.05) is 17.7 Å². The minimum atomic E-state index is -0.00803. The van der Waals surface area contributed by atoms with E-state index >= 15 is 0 Å². The Morgan fingerprint density at radius 1 is 1.00 bits per heavy atom. The second kappa shape index (κ2) is 8.81. The SMILES string of the molecule is O=C(CCc1cccnc1)N1CCCN(C(=O)c2ccc(Cl)cc2)CC1. The molecule has 0 saturated carbocycles. The van der Waals surface area contributed by atoms with Crippen molar-refractivity contribution in [2.24, 2.45) is 0 Å². The predicted octanol–water partition coefficient (Wildman–Crippen LogP) is 3.04. The number of rotatable bonds is 4. The van der Waals surface area contributed by atoms with E-state index in [-0.39, 0.29) is 11.8 Å². The number of halogens is 1. The van der Waals surface area contributed by atoms with Crippen LogP contribution >= 0.6 is 11.6 Å². The highest BCUT2D eigenvalue weighted by Crippen LogP contribution is 2.14. The average Bonchev–Trinajstić information content (AvgIpc) is 2.93. The second-order valence-corrected chi connectivity index (χ2v) is 6.83. The molecule has 1 saturated heterocycles. The zero-order valence-electron chi connectivity index (χ0n) is 14.6. The molecule has 0 atom stereocenters. The molecule has 0 aliphatic carbocycles. The number of carbonyl (C=O) groups excluding carboxylic acids is 2. The monoisotopic (exact) mass is 371 g/mol. The van der Waals surface area contributed by atoms with Gasteiger partial charge in [0, 0.05) is 55.6 Å². The minimum Gasteiger partial charge on any atom is -0.341 e. The smallest absolute Gasteiger partial charge is 0.253 e. The van der Waals surface area contributed by atoms with Crippen molar-refractivity contribution in [3.05, 3.63) is 64.9 Å². The van der Waals surface area contributed by atoms with Crippen molar-refractivity contribution >= 4 is 23.4 Å². The molecule has 0 unspecified atom stereocenters. The molecule has 3 rings (SSSR count). The van der Waals surface area contributed by atoms with Crippen LogP contribution in [0.2, 0.25) is 5.02 Å². The van der Waals surface area contributed by atoms with Gasteiger partial charge in [-0.2, -0.15) is 0 Å². The summed E-state index contributed by atoms with van der Waals surface area (Å²) >= 11 is 5.88. The highest BCUT2D eigenvalue weighted by Gasteiger charge is 2.22. The van der Waals surface area contributed by atoms with Crippen LogP contribution in [0.1, 0.15) is 28.8 Å². The lowest BCUT2D eigenvalue weighted by molar-refractivity contribution is -0.131. The van der Waals surface area contributed by atoms with Gasteiger partial charge < -0.3 is 9.80 Å². The molecule has 1 fully saturated rings. The Bertz CT molecular complexity index is 749. The summed E-state index contributed by atoms with van der Waals surface area (Å²) in [5.74, 6) is 0.126. The summed E-state index contributed by atoms with van der Waals surface area (Å²) in [5, 5.41) is 0.614. The largest absolute Gasteiger partial charge is 0.341 e. The fourth-order valence-electron chi connectivity index (χ4n) is 3.10. The lowest BCUT2D eigenvalue weighted by Gasteiger charge is -2.22. The van der Waals surface area contributed by atoms with E-state index in [4.69, 9.17) is 11.6 Å². The van der Waals surface area contributed by atoms with E-state index in [0.717, 1.165) is 12.0 Å². The van der Waals surface area contributed by atoms with Crippen molar-refractivity contribution in [2.75, 3.05) is 26.2 Å². The topological polar surface area (TPSA) is 53.5 Å². The van der Waals surface area contributed by atoms with Crippen molar-refractivity contribution in [1.82, 2.24) is 14.8 Å².